The summed E-state index contributed by atoms with van der Waals surface area (Å²) in [6, 6.07) is 5.72. The first-order chi connectivity index (χ1) is 11.5. The van der Waals surface area contributed by atoms with E-state index in [2.05, 4.69) is 22.6 Å². The quantitative estimate of drug-likeness (QED) is 0.774. The van der Waals surface area contributed by atoms with Gasteiger partial charge in [-0.1, -0.05) is 12.1 Å². The maximum absolute atomic E-state index is 12.0. The number of likely N-dealkylation sites (N-methyl/N-ethyl adjacent to an activating group) is 1. The molecule has 2 amide bonds. The molecule has 2 N–H and O–H groups in total. The molecular formula is C18H27N3O3. The number of morpholine rings is 1. The van der Waals surface area contributed by atoms with Crippen molar-refractivity contribution in [3.05, 3.63) is 29.3 Å². The summed E-state index contributed by atoms with van der Waals surface area (Å²) in [6.45, 7) is 7.01. The van der Waals surface area contributed by atoms with Crippen molar-refractivity contribution in [1.82, 2.24) is 10.2 Å². The fraction of sp³-hybridized carbons (Fsp3) is 0.556. The van der Waals surface area contributed by atoms with E-state index < -0.39 is 0 Å². The van der Waals surface area contributed by atoms with E-state index in [0.717, 1.165) is 42.9 Å². The standard InChI is InChI=1S/C18H27N3O3/c1-13-5-4-6-16(14(13)2)20-18(23)11-17(22)19-8-7-15-12-21(3)9-10-24-15/h4-6,15H,7-12H2,1-3H3,(H,19,22)(H,20,23)/t15-/m1/s1. The molecule has 1 heterocycles. The Bertz CT molecular complexity index is 589. The van der Waals surface area contributed by atoms with Gasteiger partial charge in [0, 0.05) is 25.3 Å². The molecule has 1 aromatic rings. The maximum atomic E-state index is 12.0. The molecular weight excluding hydrogens is 306 g/mol. The van der Waals surface area contributed by atoms with E-state index in [4.69, 9.17) is 4.74 Å². The zero-order chi connectivity index (χ0) is 17.5. The van der Waals surface area contributed by atoms with Crippen molar-refractivity contribution in [3.63, 3.8) is 0 Å². The lowest BCUT2D eigenvalue weighted by atomic mass is 10.1. The average Bonchev–Trinajstić information content (AvgIpc) is 2.52. The molecule has 6 nitrogen and oxygen atoms in total. The number of hydrogen-bond acceptors (Lipinski definition) is 4. The monoisotopic (exact) mass is 333 g/mol. The highest BCUT2D eigenvalue weighted by atomic mass is 16.5. The van der Waals surface area contributed by atoms with Gasteiger partial charge in [0.15, 0.2) is 0 Å². The second-order valence-electron chi connectivity index (χ2n) is 6.37. The number of carbonyl (C=O) groups excluding carboxylic acids is 2. The Labute approximate surface area is 143 Å². The summed E-state index contributed by atoms with van der Waals surface area (Å²) in [7, 11) is 2.06. The van der Waals surface area contributed by atoms with Gasteiger partial charge in [-0.25, -0.2) is 0 Å². The van der Waals surface area contributed by atoms with Crippen LogP contribution in [0.4, 0.5) is 5.69 Å². The number of nitrogens with one attached hydrogen (secondary N) is 2. The first-order valence-electron chi connectivity index (χ1n) is 8.38. The molecule has 0 saturated carbocycles. The third-order valence-corrected chi connectivity index (χ3v) is 4.33. The van der Waals surface area contributed by atoms with E-state index in [0.29, 0.717) is 6.54 Å². The van der Waals surface area contributed by atoms with Crippen LogP contribution in [-0.4, -0.2) is 56.1 Å². The Kier molecular flexibility index (Phi) is 6.75. The Morgan fingerprint density at radius 1 is 1.29 bits per heavy atom. The molecule has 0 aromatic heterocycles. The van der Waals surface area contributed by atoms with Crippen molar-refractivity contribution in [2.45, 2.75) is 32.8 Å². The number of carbonyl (C=O) groups is 2. The van der Waals surface area contributed by atoms with Crippen molar-refractivity contribution in [2.24, 2.45) is 0 Å². The molecule has 2 rings (SSSR count). The van der Waals surface area contributed by atoms with Crippen LogP contribution in [-0.2, 0) is 14.3 Å². The van der Waals surface area contributed by atoms with Gasteiger partial charge in [0.25, 0.3) is 0 Å². The zero-order valence-corrected chi connectivity index (χ0v) is 14.7. The van der Waals surface area contributed by atoms with Crippen LogP contribution in [0.25, 0.3) is 0 Å². The third-order valence-electron chi connectivity index (χ3n) is 4.33. The number of benzene rings is 1. The van der Waals surface area contributed by atoms with Gasteiger partial charge in [0.1, 0.15) is 6.42 Å². The topological polar surface area (TPSA) is 70.7 Å². The Morgan fingerprint density at radius 3 is 2.83 bits per heavy atom. The number of amides is 2. The molecule has 0 aliphatic carbocycles. The van der Waals surface area contributed by atoms with E-state index in [1.165, 1.54) is 0 Å². The van der Waals surface area contributed by atoms with Crippen molar-refractivity contribution in [3.8, 4) is 0 Å². The van der Waals surface area contributed by atoms with E-state index >= 15 is 0 Å². The van der Waals surface area contributed by atoms with Gasteiger partial charge in [0.2, 0.25) is 11.8 Å². The van der Waals surface area contributed by atoms with Crippen LogP contribution in [0.2, 0.25) is 0 Å². The van der Waals surface area contributed by atoms with Crippen molar-refractivity contribution < 1.29 is 14.3 Å². The van der Waals surface area contributed by atoms with Gasteiger partial charge < -0.3 is 20.3 Å². The minimum atomic E-state index is -0.296. The Hall–Kier alpha value is -1.92. The molecule has 0 radical (unpaired) electrons. The van der Waals surface area contributed by atoms with Crippen LogP contribution in [0.15, 0.2) is 18.2 Å². The lowest BCUT2D eigenvalue weighted by Crippen LogP contribution is -2.41. The minimum absolute atomic E-state index is 0.146. The smallest absolute Gasteiger partial charge is 0.233 e. The highest BCUT2D eigenvalue weighted by Crippen LogP contribution is 2.18. The largest absolute Gasteiger partial charge is 0.375 e. The van der Waals surface area contributed by atoms with Gasteiger partial charge in [-0.3, -0.25) is 9.59 Å². The number of anilines is 1. The molecule has 1 aliphatic rings. The molecule has 0 unspecified atom stereocenters. The average molecular weight is 333 g/mol. The van der Waals surface area contributed by atoms with Crippen LogP contribution in [0, 0.1) is 13.8 Å². The molecule has 1 atom stereocenters. The molecule has 6 heteroatoms. The van der Waals surface area contributed by atoms with Gasteiger partial charge >= 0.3 is 0 Å². The molecule has 1 aromatic carbocycles. The highest BCUT2D eigenvalue weighted by molar-refractivity contribution is 6.03. The third kappa shape index (κ3) is 5.62. The van der Waals surface area contributed by atoms with Gasteiger partial charge in [-0.15, -0.1) is 0 Å². The second kappa shape index (κ2) is 8.80. The minimum Gasteiger partial charge on any atom is -0.375 e. The normalized spacial score (nSPS) is 18.2. The number of nitrogens with zero attached hydrogens (tertiary/aromatic N) is 1. The fourth-order valence-electron chi connectivity index (χ4n) is 2.70. The lowest BCUT2D eigenvalue weighted by Gasteiger charge is -2.30. The molecule has 1 fully saturated rings. The molecule has 1 aliphatic heterocycles. The Morgan fingerprint density at radius 2 is 2.08 bits per heavy atom. The van der Waals surface area contributed by atoms with E-state index in [1.54, 1.807) is 0 Å². The fourth-order valence-corrected chi connectivity index (χ4v) is 2.70. The molecule has 0 spiro atoms. The van der Waals surface area contributed by atoms with Crippen LogP contribution in [0.5, 0.6) is 0 Å². The SMILES string of the molecule is Cc1cccc(NC(=O)CC(=O)NCC[C@@H]2CN(C)CCO2)c1C. The summed E-state index contributed by atoms with van der Waals surface area (Å²) < 4.78 is 5.64. The van der Waals surface area contributed by atoms with E-state index in [9.17, 15) is 9.59 Å². The van der Waals surface area contributed by atoms with Gasteiger partial charge in [0.05, 0.1) is 12.7 Å². The molecule has 0 bridgehead atoms. The zero-order valence-electron chi connectivity index (χ0n) is 14.7. The van der Waals surface area contributed by atoms with Gasteiger partial charge in [-0.2, -0.15) is 0 Å². The van der Waals surface area contributed by atoms with Crippen molar-refractivity contribution in [1.29, 1.82) is 0 Å². The summed E-state index contributed by atoms with van der Waals surface area (Å²) in [5.41, 5.74) is 2.88. The highest BCUT2D eigenvalue weighted by Gasteiger charge is 2.18. The van der Waals surface area contributed by atoms with Crippen LogP contribution in [0.1, 0.15) is 24.0 Å². The van der Waals surface area contributed by atoms with Crippen LogP contribution < -0.4 is 10.6 Å². The summed E-state index contributed by atoms with van der Waals surface area (Å²) in [6.07, 6.45) is 0.737. The van der Waals surface area contributed by atoms with E-state index in [1.807, 2.05) is 32.0 Å². The number of ether oxygens (including phenoxy) is 1. The van der Waals surface area contributed by atoms with Gasteiger partial charge in [-0.05, 0) is 44.5 Å². The Balaban J connectivity index is 1.70. The van der Waals surface area contributed by atoms with E-state index in [-0.39, 0.29) is 24.3 Å². The predicted molar refractivity (Wildman–Crippen MR) is 94.0 cm³/mol. The van der Waals surface area contributed by atoms with Crippen LogP contribution >= 0.6 is 0 Å². The first-order valence-corrected chi connectivity index (χ1v) is 8.38. The summed E-state index contributed by atoms with van der Waals surface area (Å²) in [5, 5.41) is 5.59. The maximum Gasteiger partial charge on any atom is 0.233 e. The summed E-state index contributed by atoms with van der Waals surface area (Å²) >= 11 is 0. The predicted octanol–water partition coefficient (Wildman–Crippen LogP) is 1.47. The first kappa shape index (κ1) is 18.4. The summed E-state index contributed by atoms with van der Waals surface area (Å²) in [4.78, 5) is 26.1. The lowest BCUT2D eigenvalue weighted by molar-refractivity contribution is -0.126. The molecule has 24 heavy (non-hydrogen) atoms. The summed E-state index contributed by atoms with van der Waals surface area (Å²) in [5.74, 6) is -0.559. The number of aryl methyl sites for hydroxylation is 1. The van der Waals surface area contributed by atoms with Crippen molar-refractivity contribution >= 4 is 17.5 Å². The second-order valence-corrected chi connectivity index (χ2v) is 6.37. The number of hydrogen-bond donors (Lipinski definition) is 2. The number of rotatable bonds is 6. The molecule has 132 valence electrons. The molecule has 1 saturated heterocycles. The van der Waals surface area contributed by atoms with Crippen LogP contribution in [0.3, 0.4) is 0 Å². The van der Waals surface area contributed by atoms with Crippen molar-refractivity contribution in [2.75, 3.05) is 38.6 Å².